The van der Waals surface area contributed by atoms with Gasteiger partial charge in [-0.15, -0.1) is 11.3 Å². The fourth-order valence-electron chi connectivity index (χ4n) is 1.73. The smallest absolute Gasteiger partial charge is 0.320 e. The quantitative estimate of drug-likeness (QED) is 0.873. The lowest BCUT2D eigenvalue weighted by Crippen LogP contribution is -2.12. The minimum Gasteiger partial charge on any atom is -0.320 e. The summed E-state index contributed by atoms with van der Waals surface area (Å²) in [7, 11) is 0. The molecule has 0 radical (unpaired) electrons. The SMILES string of the molecule is Cc1ccsc1C(N)c1ccc(C(F)(F)F)cc1. The molecule has 0 saturated heterocycles. The molecule has 1 heterocycles. The molecule has 1 aromatic heterocycles. The van der Waals surface area contributed by atoms with Crippen molar-refractivity contribution >= 4 is 11.3 Å². The molecule has 0 bridgehead atoms. The number of rotatable bonds is 2. The Morgan fingerprint density at radius 1 is 1.11 bits per heavy atom. The number of benzene rings is 1. The molecule has 1 unspecified atom stereocenters. The molecule has 1 atom stereocenters. The molecule has 0 spiro atoms. The van der Waals surface area contributed by atoms with Crippen molar-refractivity contribution in [3.05, 3.63) is 57.3 Å². The van der Waals surface area contributed by atoms with Gasteiger partial charge in [-0.2, -0.15) is 13.2 Å². The van der Waals surface area contributed by atoms with Gasteiger partial charge in [-0.25, -0.2) is 0 Å². The van der Waals surface area contributed by atoms with Gasteiger partial charge in [0.2, 0.25) is 0 Å². The van der Waals surface area contributed by atoms with Crippen molar-refractivity contribution in [3.8, 4) is 0 Å². The van der Waals surface area contributed by atoms with Crippen LogP contribution in [0.5, 0.6) is 0 Å². The molecule has 5 heteroatoms. The van der Waals surface area contributed by atoms with E-state index in [1.165, 1.54) is 23.5 Å². The van der Waals surface area contributed by atoms with E-state index in [1.807, 2.05) is 18.4 Å². The fourth-order valence-corrected chi connectivity index (χ4v) is 2.69. The van der Waals surface area contributed by atoms with Crippen molar-refractivity contribution < 1.29 is 13.2 Å². The average Bonchev–Trinajstić information content (AvgIpc) is 2.73. The monoisotopic (exact) mass is 271 g/mol. The highest BCUT2D eigenvalue weighted by atomic mass is 32.1. The molecule has 1 nitrogen and oxygen atoms in total. The fraction of sp³-hybridized carbons (Fsp3) is 0.231. The third-order valence-electron chi connectivity index (χ3n) is 2.78. The molecule has 2 rings (SSSR count). The Labute approximate surface area is 107 Å². The van der Waals surface area contributed by atoms with E-state index in [0.717, 1.165) is 22.6 Å². The number of hydrogen-bond donors (Lipinski definition) is 1. The Bertz CT molecular complexity index is 528. The van der Waals surface area contributed by atoms with Crippen LogP contribution < -0.4 is 5.73 Å². The summed E-state index contributed by atoms with van der Waals surface area (Å²) in [6.45, 7) is 1.94. The van der Waals surface area contributed by atoms with Gasteiger partial charge in [0.15, 0.2) is 0 Å². The number of halogens is 3. The van der Waals surface area contributed by atoms with E-state index in [-0.39, 0.29) is 6.04 Å². The summed E-state index contributed by atoms with van der Waals surface area (Å²) in [5.41, 5.74) is 7.15. The number of aryl methyl sites for hydroxylation is 1. The van der Waals surface area contributed by atoms with Crippen molar-refractivity contribution in [2.45, 2.75) is 19.1 Å². The van der Waals surface area contributed by atoms with Gasteiger partial charge in [0, 0.05) is 4.88 Å². The lowest BCUT2D eigenvalue weighted by molar-refractivity contribution is -0.137. The third-order valence-corrected chi connectivity index (χ3v) is 3.88. The van der Waals surface area contributed by atoms with Gasteiger partial charge in [0.25, 0.3) is 0 Å². The van der Waals surface area contributed by atoms with Crippen LogP contribution in [0, 0.1) is 6.92 Å². The lowest BCUT2D eigenvalue weighted by atomic mass is 10.0. The molecule has 0 amide bonds. The van der Waals surface area contributed by atoms with Crippen molar-refractivity contribution in [2.24, 2.45) is 5.73 Å². The minimum absolute atomic E-state index is 0.368. The zero-order valence-electron chi connectivity index (χ0n) is 9.66. The van der Waals surface area contributed by atoms with Crippen molar-refractivity contribution in [3.63, 3.8) is 0 Å². The van der Waals surface area contributed by atoms with Crippen LogP contribution in [0.15, 0.2) is 35.7 Å². The summed E-state index contributed by atoms with van der Waals surface area (Å²) in [5, 5.41) is 1.93. The molecular formula is C13H12F3NS. The summed E-state index contributed by atoms with van der Waals surface area (Å²) in [6, 6.07) is 6.59. The molecule has 0 aliphatic heterocycles. The Kier molecular flexibility index (Phi) is 3.45. The van der Waals surface area contributed by atoms with Crippen LogP contribution in [0.4, 0.5) is 13.2 Å². The highest BCUT2D eigenvalue weighted by molar-refractivity contribution is 7.10. The summed E-state index contributed by atoms with van der Waals surface area (Å²) in [5.74, 6) is 0. The van der Waals surface area contributed by atoms with Gasteiger partial charge in [0.05, 0.1) is 11.6 Å². The molecule has 18 heavy (non-hydrogen) atoms. The van der Waals surface area contributed by atoms with Crippen LogP contribution in [-0.4, -0.2) is 0 Å². The van der Waals surface area contributed by atoms with Crippen LogP contribution in [0.25, 0.3) is 0 Å². The first-order chi connectivity index (χ1) is 8.39. The summed E-state index contributed by atoms with van der Waals surface area (Å²) in [4.78, 5) is 0.981. The number of thiophene rings is 1. The van der Waals surface area contributed by atoms with Gasteiger partial charge in [-0.3, -0.25) is 0 Å². The van der Waals surface area contributed by atoms with Crippen molar-refractivity contribution in [2.75, 3.05) is 0 Å². The van der Waals surface area contributed by atoms with E-state index in [2.05, 4.69) is 0 Å². The average molecular weight is 271 g/mol. The summed E-state index contributed by atoms with van der Waals surface area (Å²) in [6.07, 6.45) is -4.30. The molecule has 0 saturated carbocycles. The maximum atomic E-state index is 12.4. The van der Waals surface area contributed by atoms with Gasteiger partial charge in [-0.05, 0) is 41.6 Å². The normalized spacial score (nSPS) is 13.6. The maximum absolute atomic E-state index is 12.4. The van der Waals surface area contributed by atoms with Crippen LogP contribution in [0.2, 0.25) is 0 Å². The van der Waals surface area contributed by atoms with E-state index in [0.29, 0.717) is 5.56 Å². The zero-order chi connectivity index (χ0) is 13.3. The van der Waals surface area contributed by atoms with Gasteiger partial charge in [-0.1, -0.05) is 12.1 Å². The number of nitrogens with two attached hydrogens (primary N) is 1. The predicted molar refractivity (Wildman–Crippen MR) is 66.5 cm³/mol. The van der Waals surface area contributed by atoms with Crippen LogP contribution in [0.1, 0.15) is 27.6 Å². The Morgan fingerprint density at radius 3 is 2.17 bits per heavy atom. The molecule has 0 fully saturated rings. The second-order valence-electron chi connectivity index (χ2n) is 4.07. The Balaban J connectivity index is 2.28. The van der Waals surface area contributed by atoms with E-state index >= 15 is 0 Å². The molecule has 2 aromatic rings. The highest BCUT2D eigenvalue weighted by Gasteiger charge is 2.30. The molecular weight excluding hydrogens is 259 g/mol. The van der Waals surface area contributed by atoms with Gasteiger partial charge in [0.1, 0.15) is 0 Å². The Morgan fingerprint density at radius 2 is 1.72 bits per heavy atom. The van der Waals surface area contributed by atoms with Crippen molar-refractivity contribution in [1.29, 1.82) is 0 Å². The van der Waals surface area contributed by atoms with Crippen LogP contribution in [-0.2, 0) is 6.18 Å². The molecule has 0 aliphatic carbocycles. The standard InChI is InChI=1S/C13H12F3NS/c1-8-6-7-18-12(8)11(17)9-2-4-10(5-3-9)13(14,15)16/h2-7,11H,17H2,1H3. The molecule has 1 aromatic carbocycles. The molecule has 0 aliphatic rings. The first-order valence-electron chi connectivity index (χ1n) is 5.36. The summed E-state index contributed by atoms with van der Waals surface area (Å²) < 4.78 is 37.3. The Hall–Kier alpha value is -1.33. The zero-order valence-corrected chi connectivity index (χ0v) is 10.5. The van der Waals surface area contributed by atoms with Crippen LogP contribution >= 0.6 is 11.3 Å². The molecule has 96 valence electrons. The van der Waals surface area contributed by atoms with Gasteiger partial charge < -0.3 is 5.73 Å². The summed E-state index contributed by atoms with van der Waals surface area (Å²) >= 11 is 1.52. The van der Waals surface area contributed by atoms with Gasteiger partial charge >= 0.3 is 6.18 Å². The van der Waals surface area contributed by atoms with E-state index in [4.69, 9.17) is 5.73 Å². The van der Waals surface area contributed by atoms with E-state index < -0.39 is 11.7 Å². The first-order valence-corrected chi connectivity index (χ1v) is 6.24. The highest BCUT2D eigenvalue weighted by Crippen LogP contribution is 2.32. The second-order valence-corrected chi connectivity index (χ2v) is 5.01. The first kappa shape index (κ1) is 13.1. The number of alkyl halides is 3. The van der Waals surface area contributed by atoms with Crippen molar-refractivity contribution in [1.82, 2.24) is 0 Å². The third kappa shape index (κ3) is 2.57. The molecule has 2 N–H and O–H groups in total. The predicted octanol–water partition coefficient (Wildman–Crippen LogP) is 4.12. The topological polar surface area (TPSA) is 26.0 Å². The second kappa shape index (κ2) is 4.74. The van der Waals surface area contributed by atoms with E-state index in [9.17, 15) is 13.2 Å². The number of hydrogen-bond acceptors (Lipinski definition) is 2. The van der Waals surface area contributed by atoms with Crippen LogP contribution in [0.3, 0.4) is 0 Å². The maximum Gasteiger partial charge on any atom is 0.416 e. The largest absolute Gasteiger partial charge is 0.416 e. The van der Waals surface area contributed by atoms with E-state index in [1.54, 1.807) is 0 Å². The minimum atomic E-state index is -4.30. The lowest BCUT2D eigenvalue weighted by Gasteiger charge is -2.13.